The van der Waals surface area contributed by atoms with Gasteiger partial charge in [-0.1, -0.05) is 36.4 Å². The van der Waals surface area contributed by atoms with Crippen LogP contribution in [0.15, 0.2) is 66.9 Å². The molecule has 5 rings (SSSR count). The van der Waals surface area contributed by atoms with Crippen LogP contribution in [0.25, 0.3) is 0 Å². The number of ether oxygens (including phenoxy) is 2. The summed E-state index contributed by atoms with van der Waals surface area (Å²) < 4.78 is 11.0. The Morgan fingerprint density at radius 3 is 2.67 bits per heavy atom. The Hall–Kier alpha value is -3.34. The van der Waals surface area contributed by atoms with Crippen molar-refractivity contribution in [3.63, 3.8) is 0 Å². The van der Waals surface area contributed by atoms with E-state index in [4.69, 9.17) is 9.47 Å². The van der Waals surface area contributed by atoms with Crippen molar-refractivity contribution in [2.45, 2.75) is 12.0 Å². The number of rotatable bonds is 3. The SMILES string of the molecule is COc1ccc(CN2C(=O)C3(COc4ncccc43)c3ccccc32)cc1. The summed E-state index contributed by atoms with van der Waals surface area (Å²) in [6.45, 7) is 0.783. The number of para-hydroxylation sites is 1. The molecule has 2 aromatic carbocycles. The average Bonchev–Trinajstić information content (AvgIpc) is 3.22. The summed E-state index contributed by atoms with van der Waals surface area (Å²) in [6, 6.07) is 19.6. The molecule has 3 aromatic rings. The molecule has 2 aliphatic rings. The number of amides is 1. The molecule has 5 heteroatoms. The van der Waals surface area contributed by atoms with Crippen LogP contribution in [0.4, 0.5) is 5.69 Å². The first kappa shape index (κ1) is 15.9. The molecule has 0 saturated heterocycles. The maximum absolute atomic E-state index is 13.7. The molecule has 0 fully saturated rings. The molecule has 27 heavy (non-hydrogen) atoms. The van der Waals surface area contributed by atoms with Crippen LogP contribution in [-0.2, 0) is 16.8 Å². The monoisotopic (exact) mass is 358 g/mol. The quantitative estimate of drug-likeness (QED) is 0.721. The molecule has 3 heterocycles. The maximum atomic E-state index is 13.7. The van der Waals surface area contributed by atoms with Crippen molar-refractivity contribution >= 4 is 11.6 Å². The topological polar surface area (TPSA) is 51.7 Å². The smallest absolute Gasteiger partial charge is 0.246 e. The van der Waals surface area contributed by atoms with Gasteiger partial charge in [-0.15, -0.1) is 0 Å². The number of nitrogens with zero attached hydrogens (tertiary/aromatic N) is 2. The third kappa shape index (κ3) is 2.18. The van der Waals surface area contributed by atoms with Gasteiger partial charge < -0.3 is 14.4 Å². The van der Waals surface area contributed by atoms with Gasteiger partial charge in [-0.3, -0.25) is 4.79 Å². The van der Waals surface area contributed by atoms with Gasteiger partial charge in [-0.25, -0.2) is 4.98 Å². The lowest BCUT2D eigenvalue weighted by atomic mass is 9.78. The molecule has 1 aromatic heterocycles. The van der Waals surface area contributed by atoms with Gasteiger partial charge in [0.15, 0.2) is 0 Å². The maximum Gasteiger partial charge on any atom is 0.246 e. The number of carbonyl (C=O) groups is 1. The standard InChI is InChI=1S/C22H18N2O3/c1-26-16-10-8-15(9-11-16)13-24-19-7-3-2-5-17(19)22(21(24)25)14-27-20-18(22)6-4-12-23-20/h2-12H,13-14H2,1H3. The summed E-state index contributed by atoms with van der Waals surface area (Å²) in [5.41, 5.74) is 2.99. The predicted octanol–water partition coefficient (Wildman–Crippen LogP) is 3.32. The zero-order chi connectivity index (χ0) is 18.4. The van der Waals surface area contributed by atoms with Gasteiger partial charge in [0.25, 0.3) is 0 Å². The fourth-order valence-corrected chi connectivity index (χ4v) is 4.08. The van der Waals surface area contributed by atoms with Crippen LogP contribution >= 0.6 is 0 Å². The molecule has 1 unspecified atom stereocenters. The summed E-state index contributed by atoms with van der Waals surface area (Å²) in [5.74, 6) is 1.38. The second kappa shape index (κ2) is 5.84. The van der Waals surface area contributed by atoms with Crippen molar-refractivity contribution in [1.82, 2.24) is 4.98 Å². The molecule has 1 spiro atoms. The Bertz CT molecular complexity index is 1030. The van der Waals surface area contributed by atoms with Gasteiger partial charge >= 0.3 is 0 Å². The molecule has 134 valence electrons. The van der Waals surface area contributed by atoms with E-state index in [0.29, 0.717) is 12.4 Å². The zero-order valence-electron chi connectivity index (χ0n) is 14.9. The highest BCUT2D eigenvalue weighted by Crippen LogP contribution is 2.51. The average molecular weight is 358 g/mol. The Morgan fingerprint density at radius 1 is 1.07 bits per heavy atom. The fraction of sp³-hybridized carbons (Fsp3) is 0.182. The predicted molar refractivity (Wildman–Crippen MR) is 101 cm³/mol. The number of hydrogen-bond acceptors (Lipinski definition) is 4. The molecule has 5 nitrogen and oxygen atoms in total. The molecule has 0 N–H and O–H groups in total. The lowest BCUT2D eigenvalue weighted by Gasteiger charge is -2.23. The van der Waals surface area contributed by atoms with E-state index in [0.717, 1.165) is 28.1 Å². The van der Waals surface area contributed by atoms with Crippen LogP contribution in [0.1, 0.15) is 16.7 Å². The molecule has 2 aliphatic heterocycles. The van der Waals surface area contributed by atoms with E-state index in [9.17, 15) is 4.79 Å². The third-order valence-corrected chi connectivity index (χ3v) is 5.42. The summed E-state index contributed by atoms with van der Waals surface area (Å²) in [4.78, 5) is 19.8. The van der Waals surface area contributed by atoms with Crippen molar-refractivity contribution in [3.05, 3.63) is 83.6 Å². The van der Waals surface area contributed by atoms with Crippen LogP contribution in [0.3, 0.4) is 0 Å². The number of pyridine rings is 1. The Morgan fingerprint density at radius 2 is 1.85 bits per heavy atom. The fourth-order valence-electron chi connectivity index (χ4n) is 4.08. The number of methoxy groups -OCH3 is 1. The van der Waals surface area contributed by atoms with Gasteiger partial charge in [0.2, 0.25) is 11.8 Å². The van der Waals surface area contributed by atoms with Crippen LogP contribution in [-0.4, -0.2) is 24.6 Å². The molecule has 1 amide bonds. The number of hydrogen-bond donors (Lipinski definition) is 0. The first-order chi connectivity index (χ1) is 13.2. The molecule has 0 bridgehead atoms. The van der Waals surface area contributed by atoms with Gasteiger partial charge in [-0.05, 0) is 35.4 Å². The van der Waals surface area contributed by atoms with Gasteiger partial charge in [0.1, 0.15) is 17.8 Å². The second-order valence-electron chi connectivity index (χ2n) is 6.81. The zero-order valence-corrected chi connectivity index (χ0v) is 14.9. The second-order valence-corrected chi connectivity index (χ2v) is 6.81. The molecule has 0 aliphatic carbocycles. The number of aromatic nitrogens is 1. The van der Waals surface area contributed by atoms with Gasteiger partial charge in [-0.2, -0.15) is 0 Å². The highest BCUT2D eigenvalue weighted by molar-refractivity contribution is 6.11. The number of anilines is 1. The van der Waals surface area contributed by atoms with Crippen LogP contribution in [0.5, 0.6) is 11.6 Å². The number of benzene rings is 2. The van der Waals surface area contributed by atoms with Crippen LogP contribution < -0.4 is 14.4 Å². The van der Waals surface area contributed by atoms with Crippen LogP contribution in [0, 0.1) is 0 Å². The van der Waals surface area contributed by atoms with Crippen molar-refractivity contribution in [2.24, 2.45) is 0 Å². The number of carbonyl (C=O) groups excluding carboxylic acids is 1. The Kier molecular flexibility index (Phi) is 3.44. The molecule has 0 saturated carbocycles. The lowest BCUT2D eigenvalue weighted by Crippen LogP contribution is -2.42. The van der Waals surface area contributed by atoms with Gasteiger partial charge in [0, 0.05) is 17.4 Å². The summed E-state index contributed by atoms with van der Waals surface area (Å²) >= 11 is 0. The van der Waals surface area contributed by atoms with E-state index >= 15 is 0 Å². The first-order valence-corrected chi connectivity index (χ1v) is 8.87. The minimum absolute atomic E-state index is 0.0336. The normalized spacial score (nSPS) is 19.7. The highest BCUT2D eigenvalue weighted by Gasteiger charge is 2.57. The van der Waals surface area contributed by atoms with E-state index in [1.165, 1.54) is 0 Å². The Balaban J connectivity index is 1.60. The van der Waals surface area contributed by atoms with E-state index < -0.39 is 5.41 Å². The summed E-state index contributed by atoms with van der Waals surface area (Å²) in [7, 11) is 1.64. The Labute approximate surface area is 157 Å². The summed E-state index contributed by atoms with van der Waals surface area (Å²) in [5, 5.41) is 0. The van der Waals surface area contributed by atoms with E-state index in [1.807, 2.05) is 65.6 Å². The molecule has 1 atom stereocenters. The van der Waals surface area contributed by atoms with Crippen molar-refractivity contribution in [3.8, 4) is 11.6 Å². The highest BCUT2D eigenvalue weighted by atomic mass is 16.5. The van der Waals surface area contributed by atoms with E-state index in [2.05, 4.69) is 4.98 Å². The van der Waals surface area contributed by atoms with Crippen molar-refractivity contribution < 1.29 is 14.3 Å². The van der Waals surface area contributed by atoms with E-state index in [1.54, 1.807) is 13.3 Å². The van der Waals surface area contributed by atoms with E-state index in [-0.39, 0.29) is 12.5 Å². The molecular weight excluding hydrogens is 340 g/mol. The van der Waals surface area contributed by atoms with Crippen molar-refractivity contribution in [1.29, 1.82) is 0 Å². The third-order valence-electron chi connectivity index (χ3n) is 5.42. The summed E-state index contributed by atoms with van der Waals surface area (Å²) in [6.07, 6.45) is 1.69. The molecule has 0 radical (unpaired) electrons. The minimum Gasteiger partial charge on any atom is -0.497 e. The molecular formula is C22H18N2O3. The van der Waals surface area contributed by atoms with Crippen molar-refractivity contribution in [2.75, 3.05) is 18.6 Å². The first-order valence-electron chi connectivity index (χ1n) is 8.87. The lowest BCUT2D eigenvalue weighted by molar-refractivity contribution is -0.122. The number of fused-ring (bicyclic) bond motifs is 4. The largest absolute Gasteiger partial charge is 0.497 e. The minimum atomic E-state index is -0.813. The van der Waals surface area contributed by atoms with Crippen LogP contribution in [0.2, 0.25) is 0 Å². The van der Waals surface area contributed by atoms with Gasteiger partial charge in [0.05, 0.1) is 13.7 Å².